The summed E-state index contributed by atoms with van der Waals surface area (Å²) in [6, 6.07) is 0.986. The second-order valence-electron chi connectivity index (χ2n) is 7.42. The second-order valence-corrected chi connectivity index (χ2v) is 7.42. The molecule has 0 bridgehead atoms. The van der Waals surface area contributed by atoms with Gasteiger partial charge in [-0.25, -0.2) is 0 Å². The van der Waals surface area contributed by atoms with Crippen molar-refractivity contribution < 1.29 is 14.3 Å². The number of carbonyl (C=O) groups excluding carboxylic acids is 1. The summed E-state index contributed by atoms with van der Waals surface area (Å²) >= 11 is 0. The summed E-state index contributed by atoms with van der Waals surface area (Å²) in [6.45, 7) is 13.2. The van der Waals surface area contributed by atoms with Gasteiger partial charge < -0.3 is 15.2 Å². The van der Waals surface area contributed by atoms with Crippen LogP contribution in [0.2, 0.25) is 0 Å². The number of primary amides is 1. The Morgan fingerprint density at radius 3 is 2.26 bits per heavy atom. The van der Waals surface area contributed by atoms with Gasteiger partial charge in [0.15, 0.2) is 0 Å². The number of carbonyl (C=O) groups is 1. The van der Waals surface area contributed by atoms with Crippen LogP contribution in [0.3, 0.4) is 0 Å². The third kappa shape index (κ3) is 5.71. The molecule has 6 heteroatoms. The lowest BCUT2D eigenvalue weighted by molar-refractivity contribution is -0.138. The van der Waals surface area contributed by atoms with E-state index in [4.69, 9.17) is 15.2 Å². The van der Waals surface area contributed by atoms with E-state index in [1.807, 2.05) is 0 Å². The fourth-order valence-corrected chi connectivity index (χ4v) is 3.49. The van der Waals surface area contributed by atoms with Crippen LogP contribution in [0.5, 0.6) is 0 Å². The molecule has 0 spiro atoms. The van der Waals surface area contributed by atoms with Crippen molar-refractivity contribution in [2.45, 2.75) is 70.9 Å². The minimum absolute atomic E-state index is 0.0987. The van der Waals surface area contributed by atoms with Crippen molar-refractivity contribution in [2.75, 3.05) is 32.8 Å². The Balaban J connectivity index is 1.92. The Morgan fingerprint density at radius 1 is 1.04 bits per heavy atom. The number of ether oxygens (including phenoxy) is 2. The van der Waals surface area contributed by atoms with Crippen molar-refractivity contribution in [1.29, 1.82) is 0 Å². The molecule has 2 aliphatic heterocycles. The average Bonchev–Trinajstić information content (AvgIpc) is 2.46. The van der Waals surface area contributed by atoms with E-state index in [1.54, 1.807) is 0 Å². The number of hydrogen-bond donors (Lipinski definition) is 1. The van der Waals surface area contributed by atoms with Gasteiger partial charge in [-0.3, -0.25) is 14.6 Å². The lowest BCUT2D eigenvalue weighted by Gasteiger charge is -2.42. The Morgan fingerprint density at radius 2 is 1.65 bits per heavy atom. The van der Waals surface area contributed by atoms with Gasteiger partial charge in [-0.1, -0.05) is 0 Å². The topological polar surface area (TPSA) is 68.0 Å². The van der Waals surface area contributed by atoms with Crippen LogP contribution < -0.4 is 5.73 Å². The molecule has 0 saturated carbocycles. The van der Waals surface area contributed by atoms with Gasteiger partial charge in [0, 0.05) is 44.7 Å². The molecule has 0 aromatic carbocycles. The SMILES string of the molecule is CC(C)N1CC(CC(N)=O)OC(C[C@@H]2CN(C(C)C)CCO2)C1. The number of hydrogen-bond acceptors (Lipinski definition) is 5. The van der Waals surface area contributed by atoms with E-state index in [-0.39, 0.29) is 24.2 Å². The smallest absolute Gasteiger partial charge is 0.220 e. The molecule has 23 heavy (non-hydrogen) atoms. The summed E-state index contributed by atoms with van der Waals surface area (Å²) in [4.78, 5) is 16.1. The van der Waals surface area contributed by atoms with Crippen LogP contribution in [0.15, 0.2) is 0 Å². The summed E-state index contributed by atoms with van der Waals surface area (Å²) in [5.74, 6) is -0.292. The van der Waals surface area contributed by atoms with Crippen molar-refractivity contribution in [3.63, 3.8) is 0 Å². The quantitative estimate of drug-likeness (QED) is 0.783. The monoisotopic (exact) mass is 327 g/mol. The maximum absolute atomic E-state index is 11.3. The van der Waals surface area contributed by atoms with Crippen LogP contribution in [-0.2, 0) is 14.3 Å². The van der Waals surface area contributed by atoms with Crippen LogP contribution in [0.4, 0.5) is 0 Å². The van der Waals surface area contributed by atoms with Gasteiger partial charge in [0.1, 0.15) is 0 Å². The summed E-state index contributed by atoms with van der Waals surface area (Å²) in [7, 11) is 0. The van der Waals surface area contributed by atoms with Crippen LogP contribution in [0.1, 0.15) is 40.5 Å². The Bertz CT molecular complexity index is 389. The van der Waals surface area contributed by atoms with Crippen LogP contribution >= 0.6 is 0 Å². The minimum Gasteiger partial charge on any atom is -0.375 e. The molecule has 0 aromatic heterocycles. The average molecular weight is 327 g/mol. The van der Waals surface area contributed by atoms with Crippen molar-refractivity contribution in [3.05, 3.63) is 0 Å². The Hall–Kier alpha value is -0.690. The van der Waals surface area contributed by atoms with Gasteiger partial charge in [0.05, 0.1) is 31.3 Å². The molecule has 3 atom stereocenters. The maximum atomic E-state index is 11.3. The molecular formula is C17H33N3O3. The number of rotatable bonds is 6. The van der Waals surface area contributed by atoms with E-state index in [0.29, 0.717) is 18.5 Å². The zero-order valence-corrected chi connectivity index (χ0v) is 15.0. The predicted molar refractivity (Wildman–Crippen MR) is 90.2 cm³/mol. The highest BCUT2D eigenvalue weighted by molar-refractivity contribution is 5.74. The largest absolute Gasteiger partial charge is 0.375 e. The highest BCUT2D eigenvalue weighted by atomic mass is 16.5. The molecule has 0 aliphatic carbocycles. The number of nitrogens with zero attached hydrogens (tertiary/aromatic N) is 2. The van der Waals surface area contributed by atoms with Crippen LogP contribution in [0.25, 0.3) is 0 Å². The molecule has 1 amide bonds. The molecule has 2 unspecified atom stereocenters. The summed E-state index contributed by atoms with van der Waals surface area (Å²) in [5, 5.41) is 0. The van der Waals surface area contributed by atoms with Crippen molar-refractivity contribution in [2.24, 2.45) is 5.73 Å². The molecular weight excluding hydrogens is 294 g/mol. The Labute approximate surface area is 140 Å². The fraction of sp³-hybridized carbons (Fsp3) is 0.941. The van der Waals surface area contributed by atoms with Gasteiger partial charge >= 0.3 is 0 Å². The first kappa shape index (κ1) is 18.6. The van der Waals surface area contributed by atoms with E-state index >= 15 is 0 Å². The van der Waals surface area contributed by atoms with E-state index in [0.717, 1.165) is 39.2 Å². The standard InChI is InChI=1S/C17H33N3O3/c1-12(2)19-5-6-22-14(9-19)7-15-10-20(13(3)4)11-16(23-15)8-17(18)21/h12-16H,5-11H2,1-4H3,(H2,18,21)/t14-,15?,16?/m1/s1. The molecule has 2 saturated heterocycles. The first-order valence-electron chi connectivity index (χ1n) is 8.88. The van der Waals surface area contributed by atoms with E-state index in [9.17, 15) is 4.79 Å². The van der Waals surface area contributed by atoms with Crippen molar-refractivity contribution >= 4 is 5.91 Å². The molecule has 2 aliphatic rings. The molecule has 2 heterocycles. The number of amides is 1. The van der Waals surface area contributed by atoms with Crippen molar-refractivity contribution in [1.82, 2.24) is 9.80 Å². The molecule has 6 nitrogen and oxygen atoms in total. The van der Waals surface area contributed by atoms with Gasteiger partial charge in [0.25, 0.3) is 0 Å². The van der Waals surface area contributed by atoms with Crippen LogP contribution in [0, 0.1) is 0 Å². The third-order valence-corrected chi connectivity index (χ3v) is 4.85. The fourth-order valence-electron chi connectivity index (χ4n) is 3.49. The Kier molecular flexibility index (Phi) is 6.83. The normalized spacial score (nSPS) is 31.0. The predicted octanol–water partition coefficient (Wildman–Crippen LogP) is 0.839. The van der Waals surface area contributed by atoms with E-state index in [2.05, 4.69) is 37.5 Å². The molecule has 2 fully saturated rings. The van der Waals surface area contributed by atoms with Crippen LogP contribution in [-0.4, -0.2) is 78.9 Å². The third-order valence-electron chi connectivity index (χ3n) is 4.85. The zero-order chi connectivity index (χ0) is 17.0. The summed E-state index contributed by atoms with van der Waals surface area (Å²) < 4.78 is 12.1. The van der Waals surface area contributed by atoms with Crippen molar-refractivity contribution in [3.8, 4) is 0 Å². The molecule has 2 N–H and O–H groups in total. The molecule has 0 aromatic rings. The van der Waals surface area contributed by atoms with Gasteiger partial charge in [-0.15, -0.1) is 0 Å². The number of nitrogens with two attached hydrogens (primary N) is 1. The maximum Gasteiger partial charge on any atom is 0.220 e. The van der Waals surface area contributed by atoms with Gasteiger partial charge in [-0.2, -0.15) is 0 Å². The first-order chi connectivity index (χ1) is 10.8. The van der Waals surface area contributed by atoms with E-state index in [1.165, 1.54) is 0 Å². The minimum atomic E-state index is -0.292. The zero-order valence-electron chi connectivity index (χ0n) is 15.0. The highest BCUT2D eigenvalue weighted by Crippen LogP contribution is 2.22. The van der Waals surface area contributed by atoms with Gasteiger partial charge in [-0.05, 0) is 27.7 Å². The lowest BCUT2D eigenvalue weighted by Crippen LogP contribution is -2.53. The molecule has 134 valence electrons. The van der Waals surface area contributed by atoms with E-state index < -0.39 is 0 Å². The summed E-state index contributed by atoms with van der Waals surface area (Å²) in [6.07, 6.45) is 1.38. The highest BCUT2D eigenvalue weighted by Gasteiger charge is 2.33. The lowest BCUT2D eigenvalue weighted by atomic mass is 10.0. The molecule has 2 rings (SSSR count). The molecule has 0 radical (unpaired) electrons. The number of morpholine rings is 2. The first-order valence-corrected chi connectivity index (χ1v) is 8.88. The van der Waals surface area contributed by atoms with Gasteiger partial charge in [0.2, 0.25) is 5.91 Å². The summed E-state index contributed by atoms with van der Waals surface area (Å²) in [5.41, 5.74) is 5.36. The second kappa shape index (κ2) is 8.42.